The number of halogens is 1. The van der Waals surface area contributed by atoms with E-state index in [1.54, 1.807) is 42.5 Å². The van der Waals surface area contributed by atoms with Crippen molar-refractivity contribution in [2.45, 2.75) is 17.4 Å². The number of aromatic amines is 1. The molecule has 1 aromatic heterocycles. The average Bonchev–Trinajstić information content (AvgIpc) is 2.88. The number of rotatable bonds is 9. The van der Waals surface area contributed by atoms with Gasteiger partial charge in [0.25, 0.3) is 5.91 Å². The Balaban J connectivity index is 1.53. The minimum atomic E-state index is -1.23. The standard InChI is InChI=1S/C27H23ClN2O4S2/c28-20-12-10-18(11-13-20)26(32)30-24(16-19-17-25(31)29-23-9-5-4-8-22(19)23)27(33)35-14-15-36(34)21-6-2-1-3-7-21/h1-13,17,24H,14-16H2,(H,29,31)(H,30,32). The first kappa shape index (κ1) is 25.9. The van der Waals surface area contributed by atoms with Gasteiger partial charge in [0.2, 0.25) is 10.7 Å². The summed E-state index contributed by atoms with van der Waals surface area (Å²) in [6.07, 6.45) is 0.136. The minimum Gasteiger partial charge on any atom is -0.341 e. The maximum absolute atomic E-state index is 13.2. The zero-order chi connectivity index (χ0) is 25.5. The van der Waals surface area contributed by atoms with Gasteiger partial charge in [0, 0.05) is 50.4 Å². The molecule has 0 aliphatic heterocycles. The van der Waals surface area contributed by atoms with Gasteiger partial charge in [-0.25, -0.2) is 0 Å². The van der Waals surface area contributed by atoms with E-state index < -0.39 is 22.7 Å². The summed E-state index contributed by atoms with van der Waals surface area (Å²) in [6.45, 7) is 0. The largest absolute Gasteiger partial charge is 0.341 e. The summed E-state index contributed by atoms with van der Waals surface area (Å²) in [6, 6.07) is 23.3. The lowest BCUT2D eigenvalue weighted by atomic mass is 10.0. The fourth-order valence-corrected chi connectivity index (χ4v) is 6.02. The summed E-state index contributed by atoms with van der Waals surface area (Å²) in [5.41, 5.74) is 1.38. The van der Waals surface area contributed by atoms with Gasteiger partial charge in [0.05, 0.1) is 10.8 Å². The van der Waals surface area contributed by atoms with E-state index in [9.17, 15) is 18.6 Å². The van der Waals surface area contributed by atoms with Crippen LogP contribution in [-0.2, 0) is 22.0 Å². The minimum absolute atomic E-state index is 0.136. The molecule has 2 atom stereocenters. The van der Waals surface area contributed by atoms with E-state index in [4.69, 9.17) is 11.6 Å². The van der Waals surface area contributed by atoms with Gasteiger partial charge in [-0.15, -0.1) is 0 Å². The van der Waals surface area contributed by atoms with Crippen molar-refractivity contribution in [1.29, 1.82) is 0 Å². The van der Waals surface area contributed by atoms with E-state index in [0.717, 1.165) is 17.1 Å². The van der Waals surface area contributed by atoms with Gasteiger partial charge < -0.3 is 10.3 Å². The Hall–Kier alpha value is -3.20. The number of thioether (sulfide) groups is 1. The number of fused-ring (bicyclic) bond motifs is 1. The van der Waals surface area contributed by atoms with Gasteiger partial charge in [-0.1, -0.05) is 59.8 Å². The summed E-state index contributed by atoms with van der Waals surface area (Å²) in [5, 5.41) is 3.84. The summed E-state index contributed by atoms with van der Waals surface area (Å²) >= 11 is 6.95. The molecule has 1 amide bonds. The Morgan fingerprint density at radius 3 is 2.42 bits per heavy atom. The molecule has 0 saturated carbocycles. The van der Waals surface area contributed by atoms with Crippen molar-refractivity contribution >= 4 is 56.1 Å². The van der Waals surface area contributed by atoms with E-state index >= 15 is 0 Å². The third-order valence-electron chi connectivity index (χ3n) is 5.48. The van der Waals surface area contributed by atoms with Gasteiger partial charge in [-0.2, -0.15) is 0 Å². The van der Waals surface area contributed by atoms with Gasteiger partial charge >= 0.3 is 0 Å². The van der Waals surface area contributed by atoms with Crippen molar-refractivity contribution in [3.05, 3.63) is 111 Å². The van der Waals surface area contributed by atoms with Crippen molar-refractivity contribution in [3.63, 3.8) is 0 Å². The molecule has 0 spiro atoms. The Morgan fingerprint density at radius 1 is 0.972 bits per heavy atom. The second-order valence-corrected chi connectivity index (χ2v) is 11.1. The number of hydrogen-bond acceptors (Lipinski definition) is 5. The van der Waals surface area contributed by atoms with Crippen molar-refractivity contribution < 1.29 is 13.8 Å². The van der Waals surface area contributed by atoms with Crippen molar-refractivity contribution in [2.24, 2.45) is 0 Å². The first-order chi connectivity index (χ1) is 17.4. The maximum Gasteiger partial charge on any atom is 0.251 e. The molecule has 184 valence electrons. The Kier molecular flexibility index (Phi) is 8.74. The number of benzene rings is 3. The van der Waals surface area contributed by atoms with Crippen LogP contribution in [0.2, 0.25) is 5.02 Å². The lowest BCUT2D eigenvalue weighted by Crippen LogP contribution is -2.41. The van der Waals surface area contributed by atoms with Crippen LogP contribution in [0.4, 0.5) is 0 Å². The third kappa shape index (κ3) is 6.72. The van der Waals surface area contributed by atoms with Crippen LogP contribution in [0.3, 0.4) is 0 Å². The fourth-order valence-electron chi connectivity index (χ4n) is 3.71. The molecule has 2 unspecified atom stereocenters. The number of amides is 1. The van der Waals surface area contributed by atoms with Gasteiger partial charge in [-0.3, -0.25) is 18.6 Å². The fraction of sp³-hybridized carbons (Fsp3) is 0.148. The predicted octanol–water partition coefficient (Wildman–Crippen LogP) is 4.59. The van der Waals surface area contributed by atoms with Crippen LogP contribution in [-0.4, -0.2) is 37.8 Å². The van der Waals surface area contributed by atoms with Crippen LogP contribution in [0.5, 0.6) is 0 Å². The monoisotopic (exact) mass is 538 g/mol. The number of aromatic nitrogens is 1. The number of carbonyl (C=O) groups is 2. The second kappa shape index (κ2) is 12.2. The van der Waals surface area contributed by atoms with E-state index in [-0.39, 0.29) is 17.1 Å². The van der Waals surface area contributed by atoms with E-state index in [2.05, 4.69) is 10.3 Å². The van der Waals surface area contributed by atoms with Crippen LogP contribution >= 0.6 is 23.4 Å². The Bertz CT molecular complexity index is 1460. The number of para-hydroxylation sites is 1. The molecular formula is C27H23ClN2O4S2. The molecule has 0 aliphatic rings. The highest BCUT2D eigenvalue weighted by Crippen LogP contribution is 2.20. The zero-order valence-corrected chi connectivity index (χ0v) is 21.5. The average molecular weight is 539 g/mol. The lowest BCUT2D eigenvalue weighted by molar-refractivity contribution is -0.112. The van der Waals surface area contributed by atoms with Crippen LogP contribution in [0, 0.1) is 0 Å². The topological polar surface area (TPSA) is 96.1 Å². The van der Waals surface area contributed by atoms with Gasteiger partial charge in [-0.05, 0) is 48.0 Å². The molecule has 2 N–H and O–H groups in total. The number of nitrogens with one attached hydrogen (secondary N) is 2. The highest BCUT2D eigenvalue weighted by atomic mass is 35.5. The van der Waals surface area contributed by atoms with Crippen molar-refractivity contribution in [1.82, 2.24) is 10.3 Å². The second-order valence-electron chi connectivity index (χ2n) is 7.97. The molecule has 0 radical (unpaired) electrons. The molecule has 0 bridgehead atoms. The van der Waals surface area contributed by atoms with Crippen LogP contribution < -0.4 is 10.9 Å². The summed E-state index contributed by atoms with van der Waals surface area (Å²) in [7, 11) is -1.23. The molecule has 9 heteroatoms. The molecule has 36 heavy (non-hydrogen) atoms. The summed E-state index contributed by atoms with van der Waals surface area (Å²) < 4.78 is 12.5. The Morgan fingerprint density at radius 2 is 1.67 bits per heavy atom. The maximum atomic E-state index is 13.2. The predicted molar refractivity (Wildman–Crippen MR) is 146 cm³/mol. The van der Waals surface area contributed by atoms with Gasteiger partial charge in [0.15, 0.2) is 0 Å². The first-order valence-electron chi connectivity index (χ1n) is 11.2. The Labute approximate surface area is 219 Å². The lowest BCUT2D eigenvalue weighted by Gasteiger charge is -2.18. The van der Waals surface area contributed by atoms with Crippen LogP contribution in [0.15, 0.2) is 94.6 Å². The summed E-state index contributed by atoms with van der Waals surface area (Å²) in [5.74, 6) is 0.198. The number of carbonyl (C=O) groups excluding carboxylic acids is 2. The number of hydrogen-bond donors (Lipinski definition) is 2. The molecule has 4 rings (SSSR count). The highest BCUT2D eigenvalue weighted by Gasteiger charge is 2.24. The molecular weight excluding hydrogens is 516 g/mol. The first-order valence-corrected chi connectivity index (χ1v) is 13.9. The molecule has 1 heterocycles. The van der Waals surface area contributed by atoms with Crippen molar-refractivity contribution in [2.75, 3.05) is 11.5 Å². The normalized spacial score (nSPS) is 12.7. The molecule has 0 saturated heterocycles. The number of H-pyrrole nitrogens is 1. The van der Waals surface area contributed by atoms with E-state index in [1.807, 2.05) is 36.4 Å². The SMILES string of the molecule is O=C(NC(Cc1cc(=O)[nH]c2ccccc12)C(=O)SCCS(=O)c1ccccc1)c1ccc(Cl)cc1. The molecule has 0 fully saturated rings. The highest BCUT2D eigenvalue weighted by molar-refractivity contribution is 8.14. The van der Waals surface area contributed by atoms with Crippen LogP contribution in [0.1, 0.15) is 15.9 Å². The number of pyridine rings is 1. The molecule has 0 aliphatic carbocycles. The van der Waals surface area contributed by atoms with E-state index in [0.29, 0.717) is 38.1 Å². The molecule has 4 aromatic rings. The van der Waals surface area contributed by atoms with Crippen molar-refractivity contribution in [3.8, 4) is 0 Å². The summed E-state index contributed by atoms with van der Waals surface area (Å²) in [4.78, 5) is 41.9. The smallest absolute Gasteiger partial charge is 0.251 e. The zero-order valence-electron chi connectivity index (χ0n) is 19.1. The van der Waals surface area contributed by atoms with Gasteiger partial charge in [0.1, 0.15) is 6.04 Å². The molecule has 3 aromatic carbocycles. The third-order valence-corrected chi connectivity index (χ3v) is 8.34. The molecule has 6 nitrogen and oxygen atoms in total. The van der Waals surface area contributed by atoms with E-state index in [1.165, 1.54) is 6.07 Å². The quantitative estimate of drug-likeness (QED) is 0.325. The van der Waals surface area contributed by atoms with Crippen LogP contribution in [0.25, 0.3) is 10.9 Å².